The van der Waals surface area contributed by atoms with Crippen molar-refractivity contribution >= 4 is 36.4 Å². The fourth-order valence-electron chi connectivity index (χ4n) is 1.83. The molecule has 0 aliphatic carbocycles. The van der Waals surface area contributed by atoms with Crippen molar-refractivity contribution in [3.05, 3.63) is 30.5 Å². The summed E-state index contributed by atoms with van der Waals surface area (Å²) in [6, 6.07) is 6.65. The van der Waals surface area contributed by atoms with Gasteiger partial charge in [-0.05, 0) is 6.07 Å². The Morgan fingerprint density at radius 1 is 1.13 bits per heavy atom. The molecule has 13 heteroatoms. The van der Waals surface area contributed by atoms with Gasteiger partial charge in [0.25, 0.3) is 0 Å². The van der Waals surface area contributed by atoms with Crippen LogP contribution >= 0.6 is 15.6 Å². The summed E-state index contributed by atoms with van der Waals surface area (Å²) >= 11 is 0. The number of benzene rings is 1. The molecule has 23 heavy (non-hydrogen) atoms. The predicted octanol–water partition coefficient (Wildman–Crippen LogP) is 1.17. The summed E-state index contributed by atoms with van der Waals surface area (Å²) in [6.07, 6.45) is 1.28. The van der Waals surface area contributed by atoms with Gasteiger partial charge >= 0.3 is 15.6 Å². The molecule has 128 valence electrons. The first-order valence-electron chi connectivity index (χ1n) is 6.03. The molecule has 10 nitrogen and oxygen atoms in total. The molecule has 0 bridgehead atoms. The Hall–Kier alpha value is -1.03. The van der Waals surface area contributed by atoms with Crippen LogP contribution in [-0.2, 0) is 27.8 Å². The van der Waals surface area contributed by atoms with Gasteiger partial charge in [0.2, 0.25) is 0 Å². The number of aromatic nitrogens is 1. The zero-order valence-corrected chi connectivity index (χ0v) is 14.0. The Morgan fingerprint density at radius 3 is 2.43 bits per heavy atom. The first kappa shape index (κ1) is 18.3. The second-order valence-corrected chi connectivity index (χ2v) is 9.30. The van der Waals surface area contributed by atoms with Gasteiger partial charge in [-0.25, -0.2) is 17.5 Å². The van der Waals surface area contributed by atoms with Gasteiger partial charge in [0, 0.05) is 17.1 Å². The van der Waals surface area contributed by atoms with Gasteiger partial charge in [-0.2, -0.15) is 4.31 Å². The van der Waals surface area contributed by atoms with E-state index in [0.717, 1.165) is 0 Å². The van der Waals surface area contributed by atoms with Crippen molar-refractivity contribution in [1.82, 2.24) is 4.98 Å². The molecule has 0 spiro atoms. The van der Waals surface area contributed by atoms with Crippen LogP contribution in [0.5, 0.6) is 0 Å². The molecule has 2 aromatic rings. The minimum Gasteiger partial charge on any atom is -0.360 e. The average molecular weight is 385 g/mol. The number of phosphoric acid groups is 2. The monoisotopic (exact) mass is 385 g/mol. The molecule has 1 atom stereocenters. The largest absolute Gasteiger partial charge is 0.481 e. The number of phosphoric ester groups is 1. The van der Waals surface area contributed by atoms with E-state index in [0.29, 0.717) is 10.9 Å². The molecule has 0 aliphatic rings. The van der Waals surface area contributed by atoms with Crippen LogP contribution in [0, 0.1) is 0 Å². The van der Waals surface area contributed by atoms with Crippen molar-refractivity contribution in [1.29, 1.82) is 0 Å². The lowest BCUT2D eigenvalue weighted by molar-refractivity contribution is 0.185. The van der Waals surface area contributed by atoms with Gasteiger partial charge in [0.1, 0.15) is 0 Å². The molecule has 0 amide bonds. The molecule has 0 saturated heterocycles. The molecular weight excluding hydrogens is 372 g/mol. The number of fused-ring (bicyclic) bond motifs is 1. The topological polar surface area (TPSA) is 163 Å². The van der Waals surface area contributed by atoms with Crippen LogP contribution in [0.1, 0.15) is 0 Å². The summed E-state index contributed by atoms with van der Waals surface area (Å²) in [7, 11) is -14.1. The van der Waals surface area contributed by atoms with E-state index in [2.05, 4.69) is 13.8 Å². The first-order valence-corrected chi connectivity index (χ1v) is 10.7. The van der Waals surface area contributed by atoms with Crippen LogP contribution in [0.3, 0.4) is 0 Å². The van der Waals surface area contributed by atoms with E-state index in [1.165, 1.54) is 6.20 Å². The van der Waals surface area contributed by atoms with Crippen molar-refractivity contribution in [2.45, 2.75) is 4.90 Å². The third-order valence-electron chi connectivity index (χ3n) is 2.70. The van der Waals surface area contributed by atoms with E-state index in [9.17, 15) is 17.5 Å². The highest BCUT2D eigenvalue weighted by molar-refractivity contribution is 7.91. The maximum Gasteiger partial charge on any atom is 0.481 e. The quantitative estimate of drug-likeness (QED) is 0.512. The fourth-order valence-corrected chi connectivity index (χ4v) is 4.82. The molecule has 0 aliphatic heterocycles. The minimum absolute atomic E-state index is 0.0135. The van der Waals surface area contributed by atoms with E-state index in [1.807, 2.05) is 0 Å². The van der Waals surface area contributed by atoms with Crippen molar-refractivity contribution in [2.75, 3.05) is 12.4 Å². The maximum atomic E-state index is 12.2. The zero-order chi connectivity index (χ0) is 17.3. The molecule has 1 heterocycles. The molecule has 1 aromatic heterocycles. The summed E-state index contributed by atoms with van der Waals surface area (Å²) in [5.74, 6) is -0.677. The van der Waals surface area contributed by atoms with E-state index in [1.54, 1.807) is 24.3 Å². The molecule has 4 N–H and O–H groups in total. The Balaban J connectivity index is 2.08. The highest BCUT2D eigenvalue weighted by Gasteiger charge is 2.33. The molecule has 0 saturated carbocycles. The number of aromatic amines is 1. The summed E-state index contributed by atoms with van der Waals surface area (Å²) in [5, 5.41) is 0.450. The zero-order valence-electron chi connectivity index (χ0n) is 11.4. The predicted molar refractivity (Wildman–Crippen MR) is 79.3 cm³/mol. The van der Waals surface area contributed by atoms with E-state index in [-0.39, 0.29) is 4.90 Å². The van der Waals surface area contributed by atoms with E-state index >= 15 is 0 Å². The Labute approximate surface area is 130 Å². The smallest absolute Gasteiger partial charge is 0.360 e. The second kappa shape index (κ2) is 6.46. The van der Waals surface area contributed by atoms with Gasteiger partial charge in [0.05, 0.1) is 17.3 Å². The third kappa shape index (κ3) is 4.97. The van der Waals surface area contributed by atoms with E-state index in [4.69, 9.17) is 14.7 Å². The number of H-pyrrole nitrogens is 1. The maximum absolute atomic E-state index is 12.2. The second-order valence-electron chi connectivity index (χ2n) is 4.39. The third-order valence-corrected chi connectivity index (χ3v) is 6.60. The van der Waals surface area contributed by atoms with Crippen LogP contribution in [0.2, 0.25) is 0 Å². The lowest BCUT2D eigenvalue weighted by Gasteiger charge is -2.12. The van der Waals surface area contributed by atoms with Crippen molar-refractivity contribution in [3.8, 4) is 0 Å². The number of sulfone groups is 1. The van der Waals surface area contributed by atoms with Gasteiger partial charge in [-0.1, -0.05) is 18.2 Å². The van der Waals surface area contributed by atoms with Gasteiger partial charge < -0.3 is 19.7 Å². The van der Waals surface area contributed by atoms with Crippen LogP contribution < -0.4 is 0 Å². The normalized spacial score (nSPS) is 15.6. The van der Waals surface area contributed by atoms with Crippen molar-refractivity contribution in [2.24, 2.45) is 0 Å². The Kier molecular flexibility index (Phi) is 5.15. The number of nitrogens with one attached hydrogen (secondary N) is 1. The lowest BCUT2D eigenvalue weighted by atomic mass is 10.2. The Morgan fingerprint density at radius 2 is 1.78 bits per heavy atom. The number of hydrogen-bond donors (Lipinski definition) is 4. The summed E-state index contributed by atoms with van der Waals surface area (Å²) in [5.41, 5.74) is 0.602. The SMILES string of the molecule is O=P(O)(O)OP(=O)(O)OCCS(=O)(=O)c1c[nH]c2ccccc12. The number of para-hydroxylation sites is 1. The van der Waals surface area contributed by atoms with Gasteiger partial charge in [-0.15, -0.1) is 0 Å². The van der Waals surface area contributed by atoms with Crippen molar-refractivity contribution in [3.63, 3.8) is 0 Å². The van der Waals surface area contributed by atoms with Crippen LogP contribution in [0.4, 0.5) is 0 Å². The fraction of sp³-hybridized carbons (Fsp3) is 0.200. The number of rotatable bonds is 7. The average Bonchev–Trinajstić information content (AvgIpc) is 2.79. The molecule has 2 rings (SSSR count). The summed E-state index contributed by atoms with van der Waals surface area (Å²) in [6.45, 7) is -0.782. The summed E-state index contributed by atoms with van der Waals surface area (Å²) in [4.78, 5) is 28.7. The van der Waals surface area contributed by atoms with Gasteiger partial charge in [0.15, 0.2) is 9.84 Å². The molecular formula is C10H13NO9P2S. The molecule has 1 aromatic carbocycles. The Bertz CT molecular complexity index is 900. The molecule has 0 fully saturated rings. The molecule has 1 unspecified atom stereocenters. The highest BCUT2D eigenvalue weighted by atomic mass is 32.2. The van der Waals surface area contributed by atoms with Crippen LogP contribution in [0.15, 0.2) is 35.4 Å². The first-order chi connectivity index (χ1) is 10.5. The number of hydrogen-bond acceptors (Lipinski definition) is 6. The van der Waals surface area contributed by atoms with Gasteiger partial charge in [-0.3, -0.25) is 4.52 Å². The molecule has 0 radical (unpaired) electrons. The van der Waals surface area contributed by atoms with Crippen molar-refractivity contribution < 1.29 is 41.1 Å². The highest BCUT2D eigenvalue weighted by Crippen LogP contribution is 2.57. The van der Waals surface area contributed by atoms with E-state index < -0.39 is 37.8 Å². The standard InChI is InChI=1S/C10H13NO9P2S/c12-21(13,14)20-22(15,16)19-5-6-23(17,18)10-7-11-9-4-2-1-3-8(9)10/h1-4,7,11H,5-6H2,(H,15,16)(H2,12,13,14). The van der Waals surface area contributed by atoms with Crippen LogP contribution in [0.25, 0.3) is 10.9 Å². The minimum atomic E-state index is -5.24. The lowest BCUT2D eigenvalue weighted by Crippen LogP contribution is -2.12. The summed E-state index contributed by atoms with van der Waals surface area (Å²) < 4.78 is 53.9. The van der Waals surface area contributed by atoms with Crippen LogP contribution in [-0.4, -0.2) is 40.4 Å².